The lowest BCUT2D eigenvalue weighted by atomic mass is 10.1. The standard InChI is InChI=1S/C12H15ClFNO/c13-11-4-1-8(6-12(11)14)5-10(16)7-15-9-2-3-9/h1,4,6,9-10,15-16H,2-3,5,7H2. The van der Waals surface area contributed by atoms with Crippen molar-refractivity contribution in [3.63, 3.8) is 0 Å². The molecule has 16 heavy (non-hydrogen) atoms. The maximum atomic E-state index is 13.1. The molecule has 4 heteroatoms. The molecule has 0 aromatic heterocycles. The minimum absolute atomic E-state index is 0.120. The number of hydrogen-bond acceptors (Lipinski definition) is 2. The van der Waals surface area contributed by atoms with E-state index in [4.69, 9.17) is 11.6 Å². The fourth-order valence-corrected chi connectivity index (χ4v) is 1.72. The zero-order valence-electron chi connectivity index (χ0n) is 8.92. The Kier molecular flexibility index (Phi) is 3.79. The van der Waals surface area contributed by atoms with Crippen LogP contribution in [0.3, 0.4) is 0 Å². The lowest BCUT2D eigenvalue weighted by Crippen LogP contribution is -2.29. The van der Waals surface area contributed by atoms with E-state index < -0.39 is 11.9 Å². The van der Waals surface area contributed by atoms with E-state index in [1.807, 2.05) is 0 Å². The molecule has 0 bridgehead atoms. The summed E-state index contributed by atoms with van der Waals surface area (Å²) in [6.07, 6.45) is 2.37. The zero-order valence-corrected chi connectivity index (χ0v) is 9.67. The number of benzene rings is 1. The molecule has 2 nitrogen and oxygen atoms in total. The van der Waals surface area contributed by atoms with E-state index in [9.17, 15) is 9.50 Å². The summed E-state index contributed by atoms with van der Waals surface area (Å²) in [5.41, 5.74) is 0.770. The molecule has 2 N–H and O–H groups in total. The Morgan fingerprint density at radius 3 is 2.88 bits per heavy atom. The van der Waals surface area contributed by atoms with Gasteiger partial charge in [-0.1, -0.05) is 17.7 Å². The smallest absolute Gasteiger partial charge is 0.142 e. The van der Waals surface area contributed by atoms with Crippen molar-refractivity contribution in [1.29, 1.82) is 0 Å². The van der Waals surface area contributed by atoms with Crippen molar-refractivity contribution in [2.45, 2.75) is 31.4 Å². The summed E-state index contributed by atoms with van der Waals surface area (Å²) in [6.45, 7) is 0.564. The molecule has 0 radical (unpaired) electrons. The third-order valence-corrected chi connectivity index (χ3v) is 2.98. The molecule has 0 heterocycles. The average Bonchev–Trinajstić information content (AvgIpc) is 3.04. The average molecular weight is 244 g/mol. The molecule has 1 unspecified atom stereocenters. The van der Waals surface area contributed by atoms with Crippen LogP contribution in [0.5, 0.6) is 0 Å². The third kappa shape index (κ3) is 3.44. The molecule has 0 aliphatic heterocycles. The highest BCUT2D eigenvalue weighted by atomic mass is 35.5. The molecule has 1 aliphatic carbocycles. The second-order valence-electron chi connectivity index (χ2n) is 4.29. The highest BCUT2D eigenvalue weighted by Gasteiger charge is 2.21. The number of aliphatic hydroxyl groups is 1. The van der Waals surface area contributed by atoms with Crippen LogP contribution in [0, 0.1) is 5.82 Å². The number of halogens is 2. The molecule has 1 aromatic carbocycles. The fourth-order valence-electron chi connectivity index (χ4n) is 1.60. The molecule has 2 rings (SSSR count). The van der Waals surface area contributed by atoms with Gasteiger partial charge in [0.25, 0.3) is 0 Å². The minimum Gasteiger partial charge on any atom is -0.391 e. The van der Waals surface area contributed by atoms with Gasteiger partial charge < -0.3 is 10.4 Å². The summed E-state index contributed by atoms with van der Waals surface area (Å²) in [5, 5.41) is 13.1. The number of nitrogens with one attached hydrogen (secondary N) is 1. The lowest BCUT2D eigenvalue weighted by Gasteiger charge is -2.11. The van der Waals surface area contributed by atoms with E-state index in [0.29, 0.717) is 19.0 Å². The third-order valence-electron chi connectivity index (χ3n) is 2.67. The first-order chi connectivity index (χ1) is 7.65. The summed E-state index contributed by atoms with van der Waals surface area (Å²) in [4.78, 5) is 0. The summed E-state index contributed by atoms with van der Waals surface area (Å²) in [5.74, 6) is -0.429. The van der Waals surface area contributed by atoms with Gasteiger partial charge in [0.2, 0.25) is 0 Å². The zero-order chi connectivity index (χ0) is 11.5. The van der Waals surface area contributed by atoms with Crippen LogP contribution < -0.4 is 5.32 Å². The topological polar surface area (TPSA) is 32.3 Å². The maximum absolute atomic E-state index is 13.1. The van der Waals surface area contributed by atoms with Gasteiger partial charge in [0.05, 0.1) is 11.1 Å². The van der Waals surface area contributed by atoms with Crippen molar-refractivity contribution in [3.05, 3.63) is 34.6 Å². The van der Waals surface area contributed by atoms with Crippen LogP contribution in [0.25, 0.3) is 0 Å². The van der Waals surface area contributed by atoms with Crippen LogP contribution in [-0.4, -0.2) is 23.8 Å². The van der Waals surface area contributed by atoms with Gasteiger partial charge in [-0.2, -0.15) is 0 Å². The van der Waals surface area contributed by atoms with Crippen LogP contribution >= 0.6 is 11.6 Å². The van der Waals surface area contributed by atoms with Gasteiger partial charge >= 0.3 is 0 Å². The Morgan fingerprint density at radius 1 is 1.50 bits per heavy atom. The molecule has 1 fully saturated rings. The van der Waals surface area contributed by atoms with Crippen LogP contribution in [-0.2, 0) is 6.42 Å². The van der Waals surface area contributed by atoms with E-state index in [1.165, 1.54) is 25.0 Å². The molecular formula is C12H15ClFNO. The predicted molar refractivity (Wildman–Crippen MR) is 62.1 cm³/mol. The highest BCUT2D eigenvalue weighted by Crippen LogP contribution is 2.19. The van der Waals surface area contributed by atoms with Gasteiger partial charge in [-0.25, -0.2) is 4.39 Å². The number of hydrogen-bond donors (Lipinski definition) is 2. The summed E-state index contributed by atoms with van der Waals surface area (Å²) in [6, 6.07) is 5.22. The first-order valence-corrected chi connectivity index (χ1v) is 5.88. The van der Waals surface area contributed by atoms with E-state index in [1.54, 1.807) is 6.07 Å². The van der Waals surface area contributed by atoms with Crippen molar-refractivity contribution >= 4 is 11.6 Å². The molecule has 88 valence electrons. The molecule has 1 atom stereocenters. The molecule has 1 saturated carbocycles. The summed E-state index contributed by atoms with van der Waals surface area (Å²) >= 11 is 5.58. The van der Waals surface area contributed by atoms with Crippen molar-refractivity contribution in [1.82, 2.24) is 5.32 Å². The minimum atomic E-state index is -0.471. The second kappa shape index (κ2) is 5.13. The number of rotatable bonds is 5. The molecule has 1 aliphatic rings. The van der Waals surface area contributed by atoms with Gasteiger partial charge in [0.15, 0.2) is 0 Å². The quantitative estimate of drug-likeness (QED) is 0.831. The first-order valence-electron chi connectivity index (χ1n) is 5.50. The van der Waals surface area contributed by atoms with Crippen molar-refractivity contribution in [2.75, 3.05) is 6.54 Å². The maximum Gasteiger partial charge on any atom is 0.142 e. The molecule has 1 aromatic rings. The summed E-state index contributed by atoms with van der Waals surface area (Å²) in [7, 11) is 0. The normalized spacial score (nSPS) is 17.4. The Bertz CT molecular complexity index is 368. The lowest BCUT2D eigenvalue weighted by molar-refractivity contribution is 0.171. The van der Waals surface area contributed by atoms with Crippen LogP contribution in [0.4, 0.5) is 4.39 Å². The van der Waals surface area contributed by atoms with E-state index in [0.717, 1.165) is 5.56 Å². The fraction of sp³-hybridized carbons (Fsp3) is 0.500. The van der Waals surface area contributed by atoms with Crippen LogP contribution in [0.1, 0.15) is 18.4 Å². The Labute approximate surface area is 99.4 Å². The largest absolute Gasteiger partial charge is 0.391 e. The Morgan fingerprint density at radius 2 is 2.25 bits per heavy atom. The van der Waals surface area contributed by atoms with Gasteiger partial charge in [-0.15, -0.1) is 0 Å². The highest BCUT2D eigenvalue weighted by molar-refractivity contribution is 6.30. The van der Waals surface area contributed by atoms with Crippen molar-refractivity contribution in [3.8, 4) is 0 Å². The molecule has 0 saturated heterocycles. The van der Waals surface area contributed by atoms with Crippen molar-refractivity contribution in [2.24, 2.45) is 0 Å². The van der Waals surface area contributed by atoms with Gasteiger partial charge in [0.1, 0.15) is 5.82 Å². The first kappa shape index (κ1) is 11.8. The monoisotopic (exact) mass is 243 g/mol. The van der Waals surface area contributed by atoms with Crippen LogP contribution in [0.2, 0.25) is 5.02 Å². The van der Waals surface area contributed by atoms with Crippen LogP contribution in [0.15, 0.2) is 18.2 Å². The van der Waals surface area contributed by atoms with Gasteiger partial charge in [-0.3, -0.25) is 0 Å². The molecular weight excluding hydrogens is 229 g/mol. The van der Waals surface area contributed by atoms with E-state index in [2.05, 4.69) is 5.32 Å². The summed E-state index contributed by atoms with van der Waals surface area (Å²) < 4.78 is 13.1. The number of aliphatic hydroxyl groups excluding tert-OH is 1. The van der Waals surface area contributed by atoms with Gasteiger partial charge in [-0.05, 0) is 37.0 Å². The van der Waals surface area contributed by atoms with Crippen molar-refractivity contribution < 1.29 is 9.50 Å². The Balaban J connectivity index is 1.84. The molecule has 0 amide bonds. The van der Waals surface area contributed by atoms with Gasteiger partial charge in [0, 0.05) is 12.6 Å². The predicted octanol–water partition coefficient (Wildman–Crippen LogP) is 2.13. The Hall–Kier alpha value is -0.640. The SMILES string of the molecule is OC(CNC1CC1)Cc1ccc(Cl)c(F)c1. The molecule has 0 spiro atoms. The van der Waals surface area contributed by atoms with E-state index >= 15 is 0 Å². The van der Waals surface area contributed by atoms with E-state index in [-0.39, 0.29) is 5.02 Å². The second-order valence-corrected chi connectivity index (χ2v) is 4.70.